The molecule has 0 saturated carbocycles. The monoisotopic (exact) mass is 185 g/mol. The molecule has 0 unspecified atom stereocenters. The fraction of sp³-hybridized carbons (Fsp3) is 0.125. The van der Waals surface area contributed by atoms with Gasteiger partial charge in [0.05, 0.1) is 17.8 Å². The molecule has 0 radical (unpaired) electrons. The number of carbonyl (C=O) groups excluding carboxylic acids is 1. The molecule has 4 heteroatoms. The van der Waals surface area contributed by atoms with Crippen molar-refractivity contribution >= 4 is 23.7 Å². The molecule has 1 aromatic rings. The van der Waals surface area contributed by atoms with Gasteiger partial charge in [0, 0.05) is 0 Å². The maximum absolute atomic E-state index is 10.1. The van der Waals surface area contributed by atoms with Crippen molar-refractivity contribution in [2.45, 2.75) is 0 Å². The first-order valence-electron chi connectivity index (χ1n) is 3.32. The number of anilines is 1. The lowest BCUT2D eigenvalue weighted by Crippen LogP contribution is -1.97. The van der Waals surface area contributed by atoms with Crippen LogP contribution in [0.5, 0.6) is 5.75 Å². The molecule has 0 aromatic heterocycles. The molecule has 3 nitrogen and oxygen atoms in total. The Labute approximate surface area is 75.3 Å². The minimum Gasteiger partial charge on any atom is -0.493 e. The molecule has 0 saturated heterocycles. The fourth-order valence-electron chi connectivity index (χ4n) is 0.893. The minimum absolute atomic E-state index is 0.476. The van der Waals surface area contributed by atoms with Crippen LogP contribution in [-0.4, -0.2) is 13.5 Å². The number of ether oxygens (including phenoxy) is 1. The third-order valence-corrected chi connectivity index (χ3v) is 1.68. The zero-order chi connectivity index (χ0) is 8.97. The van der Waals surface area contributed by atoms with Crippen LogP contribution in [0.15, 0.2) is 18.2 Å². The lowest BCUT2D eigenvalue weighted by Gasteiger charge is -2.07. The third kappa shape index (κ3) is 1.68. The number of benzene rings is 1. The molecular formula is C8H8ClNO2. The molecule has 1 rings (SSSR count). The molecule has 0 spiro atoms. The molecule has 64 valence electrons. The predicted octanol–water partition coefficient (Wildman–Crippen LogP) is 1.92. The second-order valence-electron chi connectivity index (χ2n) is 2.08. The van der Waals surface area contributed by atoms with Gasteiger partial charge in [-0.2, -0.15) is 0 Å². The predicted molar refractivity (Wildman–Crippen MR) is 47.7 cm³/mol. The van der Waals surface area contributed by atoms with Crippen LogP contribution in [0.2, 0.25) is 5.02 Å². The molecule has 0 aliphatic rings. The Kier molecular flexibility index (Phi) is 2.94. The van der Waals surface area contributed by atoms with Gasteiger partial charge in [0.2, 0.25) is 6.41 Å². The van der Waals surface area contributed by atoms with Crippen molar-refractivity contribution in [3.63, 3.8) is 0 Å². The number of amides is 1. The highest BCUT2D eigenvalue weighted by atomic mass is 35.5. The number of methoxy groups -OCH3 is 1. The van der Waals surface area contributed by atoms with Crippen LogP contribution in [0, 0.1) is 0 Å². The Morgan fingerprint density at radius 3 is 2.92 bits per heavy atom. The third-order valence-electron chi connectivity index (χ3n) is 1.39. The Hall–Kier alpha value is -1.22. The summed E-state index contributed by atoms with van der Waals surface area (Å²) < 4.78 is 4.98. The SMILES string of the molecule is COc1c(Cl)cccc1NC=O. The van der Waals surface area contributed by atoms with Crippen molar-refractivity contribution in [1.82, 2.24) is 0 Å². The topological polar surface area (TPSA) is 38.3 Å². The number of para-hydroxylation sites is 1. The number of nitrogens with one attached hydrogen (secondary N) is 1. The van der Waals surface area contributed by atoms with E-state index in [0.717, 1.165) is 0 Å². The number of hydrogen-bond acceptors (Lipinski definition) is 2. The molecule has 0 heterocycles. The standard InChI is InChI=1S/C8H8ClNO2/c1-12-8-6(9)3-2-4-7(8)10-5-11/h2-5H,1H3,(H,10,11). The maximum Gasteiger partial charge on any atom is 0.211 e. The average Bonchev–Trinajstić information content (AvgIpc) is 2.05. The molecule has 12 heavy (non-hydrogen) atoms. The Balaban J connectivity index is 3.08. The summed E-state index contributed by atoms with van der Waals surface area (Å²) in [5.41, 5.74) is 0.569. The van der Waals surface area contributed by atoms with E-state index in [4.69, 9.17) is 16.3 Å². The van der Waals surface area contributed by atoms with Gasteiger partial charge in [-0.05, 0) is 12.1 Å². The van der Waals surface area contributed by atoms with Crippen LogP contribution in [0.4, 0.5) is 5.69 Å². The first-order valence-corrected chi connectivity index (χ1v) is 3.70. The summed E-state index contributed by atoms with van der Waals surface area (Å²) >= 11 is 5.78. The van der Waals surface area contributed by atoms with Gasteiger partial charge in [0.1, 0.15) is 0 Å². The zero-order valence-electron chi connectivity index (χ0n) is 6.50. The van der Waals surface area contributed by atoms with Crippen LogP contribution in [0.1, 0.15) is 0 Å². The van der Waals surface area contributed by atoms with Crippen molar-refractivity contribution in [1.29, 1.82) is 0 Å². The first-order chi connectivity index (χ1) is 5.79. The molecule has 0 fully saturated rings. The summed E-state index contributed by atoms with van der Waals surface area (Å²) in [4.78, 5) is 10.1. The normalized spacial score (nSPS) is 9.17. The van der Waals surface area contributed by atoms with Crippen LogP contribution in [0.3, 0.4) is 0 Å². The molecule has 1 aromatic carbocycles. The number of halogens is 1. The van der Waals surface area contributed by atoms with Gasteiger partial charge in [-0.25, -0.2) is 0 Å². The Bertz CT molecular complexity index is 288. The lowest BCUT2D eigenvalue weighted by molar-refractivity contribution is -0.105. The average molecular weight is 186 g/mol. The van der Waals surface area contributed by atoms with Gasteiger partial charge in [-0.3, -0.25) is 4.79 Å². The molecule has 0 aliphatic heterocycles. The quantitative estimate of drug-likeness (QED) is 0.731. The van der Waals surface area contributed by atoms with E-state index in [1.54, 1.807) is 18.2 Å². The lowest BCUT2D eigenvalue weighted by atomic mass is 10.3. The van der Waals surface area contributed by atoms with Crippen molar-refractivity contribution in [2.24, 2.45) is 0 Å². The summed E-state index contributed by atoms with van der Waals surface area (Å²) in [6, 6.07) is 5.13. The van der Waals surface area contributed by atoms with Gasteiger partial charge in [0.15, 0.2) is 5.75 Å². The molecule has 0 atom stereocenters. The van der Waals surface area contributed by atoms with Crippen molar-refractivity contribution in [3.8, 4) is 5.75 Å². The van der Waals surface area contributed by atoms with Crippen molar-refractivity contribution in [3.05, 3.63) is 23.2 Å². The minimum atomic E-state index is 0.476. The van der Waals surface area contributed by atoms with Gasteiger partial charge in [-0.15, -0.1) is 0 Å². The van der Waals surface area contributed by atoms with Crippen molar-refractivity contribution < 1.29 is 9.53 Å². The molecule has 1 N–H and O–H groups in total. The van der Waals surface area contributed by atoms with Crippen LogP contribution in [0.25, 0.3) is 0 Å². The van der Waals surface area contributed by atoms with E-state index in [0.29, 0.717) is 22.9 Å². The summed E-state index contributed by atoms with van der Waals surface area (Å²) in [5, 5.41) is 2.95. The Morgan fingerprint density at radius 1 is 1.58 bits per heavy atom. The van der Waals surface area contributed by atoms with Gasteiger partial charge < -0.3 is 10.1 Å². The highest BCUT2D eigenvalue weighted by molar-refractivity contribution is 6.32. The van der Waals surface area contributed by atoms with Gasteiger partial charge in [0.25, 0.3) is 0 Å². The van der Waals surface area contributed by atoms with Crippen LogP contribution < -0.4 is 10.1 Å². The smallest absolute Gasteiger partial charge is 0.211 e. The second-order valence-corrected chi connectivity index (χ2v) is 2.49. The van der Waals surface area contributed by atoms with Crippen LogP contribution in [-0.2, 0) is 4.79 Å². The summed E-state index contributed by atoms with van der Waals surface area (Å²) in [5.74, 6) is 0.478. The largest absolute Gasteiger partial charge is 0.493 e. The molecule has 1 amide bonds. The van der Waals surface area contributed by atoms with E-state index in [1.165, 1.54) is 7.11 Å². The highest BCUT2D eigenvalue weighted by Crippen LogP contribution is 2.31. The van der Waals surface area contributed by atoms with E-state index in [1.807, 2.05) is 0 Å². The van der Waals surface area contributed by atoms with Gasteiger partial charge in [-0.1, -0.05) is 17.7 Å². The van der Waals surface area contributed by atoms with E-state index in [9.17, 15) is 4.79 Å². The number of rotatable bonds is 3. The molecule has 0 aliphatic carbocycles. The van der Waals surface area contributed by atoms with E-state index in [2.05, 4.69) is 5.32 Å². The number of hydrogen-bond donors (Lipinski definition) is 1. The second kappa shape index (κ2) is 3.97. The van der Waals surface area contributed by atoms with Gasteiger partial charge >= 0.3 is 0 Å². The maximum atomic E-state index is 10.1. The first kappa shape index (κ1) is 8.87. The molecule has 0 bridgehead atoms. The van der Waals surface area contributed by atoms with E-state index < -0.39 is 0 Å². The summed E-state index contributed by atoms with van der Waals surface area (Å²) in [6.45, 7) is 0. The van der Waals surface area contributed by atoms with E-state index >= 15 is 0 Å². The highest BCUT2D eigenvalue weighted by Gasteiger charge is 2.04. The van der Waals surface area contributed by atoms with Crippen molar-refractivity contribution in [2.75, 3.05) is 12.4 Å². The molecular weight excluding hydrogens is 178 g/mol. The van der Waals surface area contributed by atoms with Crippen LogP contribution >= 0.6 is 11.6 Å². The zero-order valence-corrected chi connectivity index (χ0v) is 7.26. The van der Waals surface area contributed by atoms with E-state index in [-0.39, 0.29) is 0 Å². The summed E-state index contributed by atoms with van der Waals surface area (Å²) in [7, 11) is 1.50. The number of carbonyl (C=O) groups is 1. The summed E-state index contributed by atoms with van der Waals surface area (Å²) in [6.07, 6.45) is 0.578. The Morgan fingerprint density at radius 2 is 2.33 bits per heavy atom. The fourth-order valence-corrected chi connectivity index (χ4v) is 1.15.